The van der Waals surface area contributed by atoms with Gasteiger partial charge in [-0.2, -0.15) is 4.98 Å². The minimum atomic E-state index is -0.630. The molecule has 2 aliphatic rings. The maximum atomic E-state index is 12.7. The number of nitrogens with two attached hydrogens (primary N) is 1. The molecule has 9 nitrogen and oxygen atoms in total. The van der Waals surface area contributed by atoms with Gasteiger partial charge in [0.15, 0.2) is 5.65 Å². The lowest BCUT2D eigenvalue weighted by molar-refractivity contribution is -0.138. The highest BCUT2D eigenvalue weighted by atomic mass is 16.4. The molecule has 9 heteroatoms. The average Bonchev–Trinajstić information content (AvgIpc) is 3.60. The van der Waals surface area contributed by atoms with Crippen LogP contribution in [0.2, 0.25) is 0 Å². The molecule has 168 valence electrons. The standard InChI is InChI=1S/C19H21N5O2.C4H6O2/c20-19-21-17-5-1-4-16(24(17)22-19)14-6-8-15(9-7-14)18(26)23-10-2-3-13(11-23)12-25;5-4(6)3-1-2-3/h1,4-9,13,25H,2-3,10-12H2,(H2,20,22);3H,1-2H2,(H,5,6). The number of fused-ring (bicyclic) bond motifs is 1. The molecule has 3 aromatic rings. The third-order valence-electron chi connectivity index (χ3n) is 5.79. The maximum absolute atomic E-state index is 12.7. The molecule has 5 rings (SSSR count). The van der Waals surface area contributed by atoms with E-state index in [0.717, 1.165) is 43.5 Å². The smallest absolute Gasteiger partial charge is 0.306 e. The predicted octanol–water partition coefficient (Wildman–Crippen LogP) is 2.30. The Balaban J connectivity index is 0.000000354. The van der Waals surface area contributed by atoms with Crippen molar-refractivity contribution in [3.63, 3.8) is 0 Å². The summed E-state index contributed by atoms with van der Waals surface area (Å²) in [6, 6.07) is 13.2. The fourth-order valence-corrected chi connectivity index (χ4v) is 3.84. The van der Waals surface area contributed by atoms with Gasteiger partial charge in [-0.05, 0) is 55.9 Å². The quantitative estimate of drug-likeness (QED) is 0.570. The van der Waals surface area contributed by atoms with Crippen LogP contribution in [0.25, 0.3) is 16.9 Å². The molecule has 4 N–H and O–H groups in total. The molecule has 2 aromatic heterocycles. The number of carbonyl (C=O) groups is 2. The van der Waals surface area contributed by atoms with Crippen molar-refractivity contribution in [1.29, 1.82) is 0 Å². The molecule has 3 heterocycles. The Bertz CT molecular complexity index is 1110. The van der Waals surface area contributed by atoms with Crippen molar-refractivity contribution in [1.82, 2.24) is 19.5 Å². The summed E-state index contributed by atoms with van der Waals surface area (Å²) in [5, 5.41) is 21.6. The molecule has 1 amide bonds. The number of nitrogens with zero attached hydrogens (tertiary/aromatic N) is 4. The molecule has 1 aromatic carbocycles. The number of nitrogen functional groups attached to an aromatic ring is 1. The minimum absolute atomic E-state index is 0.0120. The van der Waals surface area contributed by atoms with E-state index in [1.54, 1.807) is 4.52 Å². The minimum Gasteiger partial charge on any atom is -0.481 e. The third kappa shape index (κ3) is 4.88. The number of aromatic nitrogens is 3. The van der Waals surface area contributed by atoms with E-state index in [-0.39, 0.29) is 30.3 Å². The van der Waals surface area contributed by atoms with E-state index in [0.29, 0.717) is 17.8 Å². The Morgan fingerprint density at radius 1 is 1.09 bits per heavy atom. The Kier molecular flexibility index (Phi) is 6.36. The lowest BCUT2D eigenvalue weighted by atomic mass is 9.98. The number of carboxylic acid groups (broad SMARTS) is 1. The third-order valence-corrected chi connectivity index (χ3v) is 5.79. The van der Waals surface area contributed by atoms with Crippen molar-refractivity contribution in [2.75, 3.05) is 25.4 Å². The van der Waals surface area contributed by atoms with Crippen LogP contribution in [-0.2, 0) is 4.79 Å². The molecule has 1 atom stereocenters. The fourth-order valence-electron chi connectivity index (χ4n) is 3.84. The maximum Gasteiger partial charge on any atom is 0.306 e. The SMILES string of the molecule is Nc1nc2cccc(-c3ccc(C(=O)N4CCCC(CO)C4)cc3)n2n1.O=C(O)C1CC1. The van der Waals surface area contributed by atoms with Crippen molar-refractivity contribution >= 4 is 23.5 Å². The predicted molar refractivity (Wildman–Crippen MR) is 119 cm³/mol. The summed E-state index contributed by atoms with van der Waals surface area (Å²) in [6.45, 7) is 1.50. The highest BCUT2D eigenvalue weighted by molar-refractivity contribution is 5.94. The molecule has 0 spiro atoms. The van der Waals surface area contributed by atoms with Crippen LogP contribution in [0.15, 0.2) is 42.5 Å². The highest BCUT2D eigenvalue weighted by Crippen LogP contribution is 2.28. The Labute approximate surface area is 185 Å². The number of rotatable bonds is 4. The van der Waals surface area contributed by atoms with E-state index in [1.165, 1.54) is 0 Å². The molecular formula is C23H27N5O4. The van der Waals surface area contributed by atoms with Gasteiger partial charge < -0.3 is 20.8 Å². The van der Waals surface area contributed by atoms with E-state index < -0.39 is 5.97 Å². The number of piperidine rings is 1. The second-order valence-corrected chi connectivity index (χ2v) is 8.28. The molecule has 32 heavy (non-hydrogen) atoms. The number of pyridine rings is 1. The van der Waals surface area contributed by atoms with Crippen molar-refractivity contribution in [3.8, 4) is 11.3 Å². The normalized spacial score (nSPS) is 18.2. The molecule has 1 saturated heterocycles. The Morgan fingerprint density at radius 2 is 1.84 bits per heavy atom. The second kappa shape index (κ2) is 9.35. The van der Waals surface area contributed by atoms with Crippen LogP contribution in [0.4, 0.5) is 5.95 Å². The number of aliphatic carboxylic acids is 1. The first-order chi connectivity index (χ1) is 15.5. The topological polar surface area (TPSA) is 134 Å². The second-order valence-electron chi connectivity index (χ2n) is 8.28. The summed E-state index contributed by atoms with van der Waals surface area (Å²) < 4.78 is 1.70. The zero-order chi connectivity index (χ0) is 22.7. The van der Waals surface area contributed by atoms with Crippen molar-refractivity contribution in [2.24, 2.45) is 11.8 Å². The van der Waals surface area contributed by atoms with Gasteiger partial charge in [0.05, 0.1) is 11.6 Å². The van der Waals surface area contributed by atoms with Gasteiger partial charge in [-0.25, -0.2) is 4.52 Å². The van der Waals surface area contributed by atoms with Crippen molar-refractivity contribution in [2.45, 2.75) is 25.7 Å². The molecule has 1 aliphatic heterocycles. The van der Waals surface area contributed by atoms with Crippen LogP contribution in [0.3, 0.4) is 0 Å². The number of aliphatic hydroxyl groups excluding tert-OH is 1. The van der Waals surface area contributed by atoms with Gasteiger partial charge in [-0.15, -0.1) is 5.10 Å². The monoisotopic (exact) mass is 437 g/mol. The molecule has 0 radical (unpaired) electrons. The van der Waals surface area contributed by atoms with Gasteiger partial charge in [0, 0.05) is 30.8 Å². The number of carbonyl (C=O) groups excluding carboxylic acids is 1. The van der Waals surface area contributed by atoms with Gasteiger partial charge in [0.2, 0.25) is 5.95 Å². The summed E-state index contributed by atoms with van der Waals surface area (Å²) >= 11 is 0. The van der Waals surface area contributed by atoms with Crippen molar-refractivity contribution in [3.05, 3.63) is 48.0 Å². The molecule has 1 saturated carbocycles. The van der Waals surface area contributed by atoms with Gasteiger partial charge in [-0.1, -0.05) is 18.2 Å². The number of carboxylic acids is 1. The van der Waals surface area contributed by atoms with Gasteiger partial charge in [0.25, 0.3) is 5.91 Å². The summed E-state index contributed by atoms with van der Waals surface area (Å²) in [5.74, 6) is -0.187. The molecule has 1 aliphatic carbocycles. The van der Waals surface area contributed by atoms with Crippen LogP contribution < -0.4 is 5.73 Å². The zero-order valence-electron chi connectivity index (χ0n) is 17.7. The summed E-state index contributed by atoms with van der Waals surface area (Å²) in [5.41, 5.74) is 8.83. The summed E-state index contributed by atoms with van der Waals surface area (Å²) in [7, 11) is 0. The van der Waals surface area contributed by atoms with Crippen LogP contribution in [0.5, 0.6) is 0 Å². The summed E-state index contributed by atoms with van der Waals surface area (Å²) in [6.07, 6.45) is 3.71. The van der Waals surface area contributed by atoms with Crippen LogP contribution >= 0.6 is 0 Å². The highest BCUT2D eigenvalue weighted by Gasteiger charge is 2.28. The summed E-state index contributed by atoms with van der Waals surface area (Å²) in [4.78, 5) is 28.5. The first kappa shape index (κ1) is 21.8. The first-order valence-corrected chi connectivity index (χ1v) is 10.8. The van der Waals surface area contributed by atoms with Gasteiger partial charge >= 0.3 is 5.97 Å². The van der Waals surface area contributed by atoms with Crippen LogP contribution in [-0.4, -0.2) is 61.3 Å². The van der Waals surface area contributed by atoms with Crippen molar-refractivity contribution < 1.29 is 19.8 Å². The first-order valence-electron chi connectivity index (χ1n) is 10.8. The zero-order valence-corrected chi connectivity index (χ0v) is 17.7. The molecule has 0 bridgehead atoms. The number of hydrogen-bond acceptors (Lipinski definition) is 6. The van der Waals surface area contributed by atoms with Crippen LogP contribution in [0, 0.1) is 11.8 Å². The molecule has 1 unspecified atom stereocenters. The van der Waals surface area contributed by atoms with Gasteiger partial charge in [0.1, 0.15) is 0 Å². The van der Waals surface area contributed by atoms with E-state index in [1.807, 2.05) is 47.4 Å². The Morgan fingerprint density at radius 3 is 2.47 bits per heavy atom. The average molecular weight is 438 g/mol. The number of hydrogen-bond donors (Lipinski definition) is 3. The largest absolute Gasteiger partial charge is 0.481 e. The number of likely N-dealkylation sites (tertiary alicyclic amines) is 1. The lowest BCUT2D eigenvalue weighted by Crippen LogP contribution is -2.40. The van der Waals surface area contributed by atoms with E-state index >= 15 is 0 Å². The van der Waals surface area contributed by atoms with E-state index in [4.69, 9.17) is 10.8 Å². The number of amides is 1. The number of aliphatic hydroxyl groups is 1. The van der Waals surface area contributed by atoms with E-state index in [9.17, 15) is 14.7 Å². The van der Waals surface area contributed by atoms with E-state index in [2.05, 4.69) is 10.1 Å². The Hall–Kier alpha value is -3.46. The number of benzene rings is 1. The fraction of sp³-hybridized carbons (Fsp3) is 0.391. The molecular weight excluding hydrogens is 410 g/mol. The lowest BCUT2D eigenvalue weighted by Gasteiger charge is -2.31. The number of anilines is 1. The van der Waals surface area contributed by atoms with Crippen LogP contribution in [0.1, 0.15) is 36.0 Å². The molecule has 2 fully saturated rings. The van der Waals surface area contributed by atoms with Gasteiger partial charge in [-0.3, -0.25) is 9.59 Å².